The molecule has 0 aliphatic heterocycles. The van der Waals surface area contributed by atoms with Gasteiger partial charge in [0.05, 0.1) is 0 Å². The molecule has 1 aliphatic carbocycles. The molecule has 2 nitrogen and oxygen atoms in total. The molecule has 58 valence electrons. The summed E-state index contributed by atoms with van der Waals surface area (Å²) in [6, 6.07) is 0. The standard InChI is InChI=1S/C8H14O2/c1-6(5-9)7-3-2-4-8(7)10/h6-7,9H,2-5H2,1H3/t6-,7+/m0/s1. The summed E-state index contributed by atoms with van der Waals surface area (Å²) in [6.45, 7) is 2.09. The van der Waals surface area contributed by atoms with Crippen LogP contribution in [0.3, 0.4) is 0 Å². The maximum atomic E-state index is 11.1. The van der Waals surface area contributed by atoms with Crippen LogP contribution in [0.4, 0.5) is 0 Å². The summed E-state index contributed by atoms with van der Waals surface area (Å²) in [6.07, 6.45) is 2.74. The normalized spacial score (nSPS) is 29.0. The largest absolute Gasteiger partial charge is 0.396 e. The Balaban J connectivity index is 2.46. The van der Waals surface area contributed by atoms with Crippen molar-refractivity contribution < 1.29 is 9.90 Å². The van der Waals surface area contributed by atoms with Gasteiger partial charge in [-0.1, -0.05) is 6.92 Å². The van der Waals surface area contributed by atoms with Gasteiger partial charge in [0.1, 0.15) is 5.78 Å². The molecule has 0 spiro atoms. The zero-order chi connectivity index (χ0) is 7.56. The molecule has 1 N–H and O–H groups in total. The van der Waals surface area contributed by atoms with Crippen molar-refractivity contribution in [2.24, 2.45) is 11.8 Å². The van der Waals surface area contributed by atoms with Gasteiger partial charge in [-0.25, -0.2) is 0 Å². The monoisotopic (exact) mass is 142 g/mol. The second-order valence-corrected chi connectivity index (χ2v) is 3.12. The highest BCUT2D eigenvalue weighted by molar-refractivity contribution is 5.83. The number of carbonyl (C=O) groups is 1. The fraction of sp³-hybridized carbons (Fsp3) is 0.875. The number of ketones is 1. The quantitative estimate of drug-likeness (QED) is 0.624. The summed E-state index contributed by atoms with van der Waals surface area (Å²) < 4.78 is 0. The number of hydrogen-bond donors (Lipinski definition) is 1. The number of aliphatic hydroxyl groups excluding tert-OH is 1. The third-order valence-electron chi connectivity index (χ3n) is 2.33. The predicted molar refractivity (Wildman–Crippen MR) is 38.6 cm³/mol. The Morgan fingerprint density at radius 1 is 1.80 bits per heavy atom. The van der Waals surface area contributed by atoms with Crippen LogP contribution in [0, 0.1) is 11.8 Å². The maximum absolute atomic E-state index is 11.1. The third kappa shape index (κ3) is 1.37. The van der Waals surface area contributed by atoms with Crippen LogP contribution in [-0.4, -0.2) is 17.5 Å². The average molecular weight is 142 g/mol. The molecule has 0 saturated heterocycles. The molecule has 1 saturated carbocycles. The molecule has 2 atom stereocenters. The lowest BCUT2D eigenvalue weighted by molar-refractivity contribution is -0.122. The van der Waals surface area contributed by atoms with Gasteiger partial charge in [0.2, 0.25) is 0 Å². The molecular formula is C8H14O2. The minimum absolute atomic E-state index is 0.149. The van der Waals surface area contributed by atoms with Gasteiger partial charge in [-0.2, -0.15) is 0 Å². The second kappa shape index (κ2) is 3.15. The van der Waals surface area contributed by atoms with Gasteiger partial charge >= 0.3 is 0 Å². The van der Waals surface area contributed by atoms with Gasteiger partial charge in [0.15, 0.2) is 0 Å². The van der Waals surface area contributed by atoms with Crippen LogP contribution >= 0.6 is 0 Å². The Morgan fingerprint density at radius 3 is 2.90 bits per heavy atom. The van der Waals surface area contributed by atoms with Crippen LogP contribution < -0.4 is 0 Å². The van der Waals surface area contributed by atoms with E-state index >= 15 is 0 Å². The van der Waals surface area contributed by atoms with E-state index in [4.69, 9.17) is 5.11 Å². The molecule has 0 heterocycles. The number of aliphatic hydroxyl groups is 1. The lowest BCUT2D eigenvalue weighted by Crippen LogP contribution is -2.18. The molecule has 1 fully saturated rings. The summed E-state index contributed by atoms with van der Waals surface area (Å²) in [5.41, 5.74) is 0. The van der Waals surface area contributed by atoms with Crippen LogP contribution in [-0.2, 0) is 4.79 Å². The Kier molecular flexibility index (Phi) is 2.44. The molecule has 0 aromatic rings. The van der Waals surface area contributed by atoms with Crippen LogP contribution in [0.15, 0.2) is 0 Å². The minimum Gasteiger partial charge on any atom is -0.396 e. The Morgan fingerprint density at radius 2 is 2.50 bits per heavy atom. The van der Waals surface area contributed by atoms with Gasteiger partial charge in [-0.3, -0.25) is 4.79 Å². The molecule has 0 bridgehead atoms. The molecule has 0 aromatic heterocycles. The fourth-order valence-electron chi connectivity index (χ4n) is 1.57. The number of carbonyl (C=O) groups excluding carboxylic acids is 1. The van der Waals surface area contributed by atoms with E-state index in [1.54, 1.807) is 0 Å². The Labute approximate surface area is 61.2 Å². The van der Waals surface area contributed by atoms with Crippen LogP contribution in [0.5, 0.6) is 0 Å². The molecule has 2 heteroatoms. The highest BCUT2D eigenvalue weighted by Crippen LogP contribution is 2.27. The van der Waals surface area contributed by atoms with E-state index < -0.39 is 0 Å². The first-order valence-electron chi connectivity index (χ1n) is 3.89. The lowest BCUT2D eigenvalue weighted by atomic mass is 9.93. The van der Waals surface area contributed by atoms with Crippen molar-refractivity contribution in [1.82, 2.24) is 0 Å². The van der Waals surface area contributed by atoms with E-state index in [0.29, 0.717) is 5.78 Å². The van der Waals surface area contributed by atoms with Crippen LogP contribution in [0.25, 0.3) is 0 Å². The number of Topliss-reactive ketones (excluding diaryl/α,β-unsaturated/α-hetero) is 1. The summed E-state index contributed by atoms with van der Waals surface area (Å²) >= 11 is 0. The number of rotatable bonds is 2. The van der Waals surface area contributed by atoms with E-state index in [0.717, 1.165) is 19.3 Å². The zero-order valence-electron chi connectivity index (χ0n) is 6.34. The molecule has 0 aromatic carbocycles. The van der Waals surface area contributed by atoms with Crippen molar-refractivity contribution in [2.75, 3.05) is 6.61 Å². The SMILES string of the molecule is C[C@@H](CO)[C@H]1CCCC1=O. The maximum Gasteiger partial charge on any atom is 0.136 e. The first-order chi connectivity index (χ1) is 4.75. The van der Waals surface area contributed by atoms with Gasteiger partial charge in [-0.05, 0) is 18.8 Å². The number of hydrogen-bond acceptors (Lipinski definition) is 2. The zero-order valence-corrected chi connectivity index (χ0v) is 6.34. The second-order valence-electron chi connectivity index (χ2n) is 3.12. The fourth-order valence-corrected chi connectivity index (χ4v) is 1.57. The van der Waals surface area contributed by atoms with Gasteiger partial charge in [0, 0.05) is 18.9 Å². The van der Waals surface area contributed by atoms with Crippen molar-refractivity contribution in [3.63, 3.8) is 0 Å². The topological polar surface area (TPSA) is 37.3 Å². The molecule has 10 heavy (non-hydrogen) atoms. The average Bonchev–Trinajstić information content (AvgIpc) is 2.34. The Bertz CT molecular complexity index is 131. The molecule has 0 radical (unpaired) electrons. The van der Waals surface area contributed by atoms with Crippen molar-refractivity contribution in [2.45, 2.75) is 26.2 Å². The first kappa shape index (κ1) is 7.73. The van der Waals surface area contributed by atoms with E-state index in [9.17, 15) is 4.79 Å². The van der Waals surface area contributed by atoms with E-state index in [1.165, 1.54) is 0 Å². The van der Waals surface area contributed by atoms with Crippen molar-refractivity contribution in [1.29, 1.82) is 0 Å². The molecule has 1 rings (SSSR count). The lowest BCUT2D eigenvalue weighted by Gasteiger charge is -2.13. The molecule has 0 unspecified atom stereocenters. The highest BCUT2D eigenvalue weighted by Gasteiger charge is 2.28. The van der Waals surface area contributed by atoms with E-state index in [1.807, 2.05) is 6.92 Å². The predicted octanol–water partition coefficient (Wildman–Crippen LogP) is 0.984. The summed E-state index contributed by atoms with van der Waals surface area (Å²) in [7, 11) is 0. The van der Waals surface area contributed by atoms with E-state index in [2.05, 4.69) is 0 Å². The van der Waals surface area contributed by atoms with Crippen LogP contribution in [0.2, 0.25) is 0 Å². The van der Waals surface area contributed by atoms with Gasteiger partial charge in [-0.15, -0.1) is 0 Å². The highest BCUT2D eigenvalue weighted by atomic mass is 16.3. The summed E-state index contributed by atoms with van der Waals surface area (Å²) in [5, 5.41) is 8.76. The molecular weight excluding hydrogens is 128 g/mol. The van der Waals surface area contributed by atoms with Crippen LogP contribution in [0.1, 0.15) is 26.2 Å². The molecule has 1 aliphatic rings. The van der Waals surface area contributed by atoms with Gasteiger partial charge in [0.25, 0.3) is 0 Å². The minimum atomic E-state index is 0.149. The molecule has 0 amide bonds. The van der Waals surface area contributed by atoms with Crippen molar-refractivity contribution >= 4 is 5.78 Å². The van der Waals surface area contributed by atoms with E-state index in [-0.39, 0.29) is 18.4 Å². The first-order valence-corrected chi connectivity index (χ1v) is 3.89. The summed E-state index contributed by atoms with van der Waals surface area (Å²) in [4.78, 5) is 11.1. The Hall–Kier alpha value is -0.370. The summed E-state index contributed by atoms with van der Waals surface area (Å²) in [5.74, 6) is 0.682. The van der Waals surface area contributed by atoms with Crippen molar-refractivity contribution in [3.05, 3.63) is 0 Å². The smallest absolute Gasteiger partial charge is 0.136 e. The third-order valence-corrected chi connectivity index (χ3v) is 2.33. The van der Waals surface area contributed by atoms with Gasteiger partial charge < -0.3 is 5.11 Å². The van der Waals surface area contributed by atoms with Crippen molar-refractivity contribution in [3.8, 4) is 0 Å².